The lowest BCUT2D eigenvalue weighted by atomic mass is 9.96. The van der Waals surface area contributed by atoms with E-state index >= 15 is 0 Å². The number of benzene rings is 1. The molecule has 1 aliphatic heterocycles. The summed E-state index contributed by atoms with van der Waals surface area (Å²) in [6.45, 7) is 1.43. The van der Waals surface area contributed by atoms with Gasteiger partial charge < -0.3 is 9.32 Å². The van der Waals surface area contributed by atoms with Gasteiger partial charge >= 0.3 is 0 Å². The first-order valence-electron chi connectivity index (χ1n) is 8.01. The summed E-state index contributed by atoms with van der Waals surface area (Å²) in [6, 6.07) is 11.4. The third kappa shape index (κ3) is 2.97. The van der Waals surface area contributed by atoms with Crippen LogP contribution >= 0.6 is 11.3 Å². The van der Waals surface area contributed by atoms with Gasteiger partial charge in [0.2, 0.25) is 11.8 Å². The van der Waals surface area contributed by atoms with Crippen molar-refractivity contribution in [1.29, 1.82) is 0 Å². The van der Waals surface area contributed by atoms with E-state index in [9.17, 15) is 4.79 Å². The Morgan fingerprint density at radius 2 is 1.92 bits per heavy atom. The number of piperidine rings is 1. The average Bonchev–Trinajstić information content (AvgIpc) is 3.33. The highest BCUT2D eigenvalue weighted by molar-refractivity contribution is 7.08. The number of rotatable bonds is 3. The average molecular weight is 339 g/mol. The first-order chi connectivity index (χ1) is 11.8. The summed E-state index contributed by atoms with van der Waals surface area (Å²) < 4.78 is 5.83. The summed E-state index contributed by atoms with van der Waals surface area (Å²) in [6.07, 6.45) is 1.70. The summed E-state index contributed by atoms with van der Waals surface area (Å²) in [5, 5.41) is 12.3. The molecule has 0 unspecified atom stereocenters. The molecule has 0 N–H and O–H groups in total. The van der Waals surface area contributed by atoms with Crippen LogP contribution in [-0.2, 0) is 0 Å². The zero-order chi connectivity index (χ0) is 16.4. The lowest BCUT2D eigenvalue weighted by Gasteiger charge is -2.30. The van der Waals surface area contributed by atoms with E-state index in [0.29, 0.717) is 24.9 Å². The Morgan fingerprint density at radius 1 is 1.12 bits per heavy atom. The van der Waals surface area contributed by atoms with Crippen molar-refractivity contribution in [2.75, 3.05) is 13.1 Å². The van der Waals surface area contributed by atoms with E-state index in [0.717, 1.165) is 24.0 Å². The molecule has 0 aliphatic carbocycles. The van der Waals surface area contributed by atoms with Crippen LogP contribution in [0, 0.1) is 0 Å². The minimum Gasteiger partial charge on any atom is -0.420 e. The molecule has 0 bridgehead atoms. The summed E-state index contributed by atoms with van der Waals surface area (Å²) in [5.41, 5.74) is 1.71. The molecular formula is C18H17N3O2S. The van der Waals surface area contributed by atoms with Gasteiger partial charge in [0, 0.05) is 35.5 Å². The predicted octanol–water partition coefficient (Wildman–Crippen LogP) is 3.82. The standard InChI is InChI=1S/C18H17N3O2S/c22-18(14-4-2-1-3-5-14)21-9-6-13(7-10-21)16-19-20-17(23-16)15-8-11-24-12-15/h1-5,8,11-13H,6-7,9-10H2. The second-order valence-electron chi connectivity index (χ2n) is 5.89. The highest BCUT2D eigenvalue weighted by atomic mass is 32.1. The number of carbonyl (C=O) groups excluding carboxylic acids is 1. The van der Waals surface area contributed by atoms with E-state index in [4.69, 9.17) is 4.42 Å². The molecule has 4 rings (SSSR count). The monoisotopic (exact) mass is 339 g/mol. The molecule has 3 heterocycles. The second kappa shape index (κ2) is 6.57. The van der Waals surface area contributed by atoms with E-state index in [1.807, 2.05) is 52.1 Å². The van der Waals surface area contributed by atoms with Gasteiger partial charge in [0.05, 0.1) is 0 Å². The highest BCUT2D eigenvalue weighted by Gasteiger charge is 2.27. The zero-order valence-corrected chi connectivity index (χ0v) is 13.9. The topological polar surface area (TPSA) is 59.2 Å². The number of hydrogen-bond acceptors (Lipinski definition) is 5. The predicted molar refractivity (Wildman–Crippen MR) is 91.9 cm³/mol. The fourth-order valence-corrected chi connectivity index (χ4v) is 3.62. The largest absolute Gasteiger partial charge is 0.420 e. The first-order valence-corrected chi connectivity index (χ1v) is 8.96. The number of aromatic nitrogens is 2. The second-order valence-corrected chi connectivity index (χ2v) is 6.67. The van der Waals surface area contributed by atoms with Crippen molar-refractivity contribution in [2.24, 2.45) is 0 Å². The number of hydrogen-bond donors (Lipinski definition) is 0. The maximum absolute atomic E-state index is 12.5. The molecule has 5 nitrogen and oxygen atoms in total. The van der Waals surface area contributed by atoms with Gasteiger partial charge in [0.15, 0.2) is 0 Å². The maximum atomic E-state index is 12.5. The Balaban J connectivity index is 1.40. The molecule has 1 aliphatic rings. The van der Waals surface area contributed by atoms with Crippen molar-refractivity contribution in [3.8, 4) is 11.5 Å². The normalized spacial score (nSPS) is 15.6. The molecule has 1 amide bonds. The molecule has 0 radical (unpaired) electrons. The lowest BCUT2D eigenvalue weighted by molar-refractivity contribution is 0.0706. The number of amides is 1. The van der Waals surface area contributed by atoms with Crippen LogP contribution in [0.2, 0.25) is 0 Å². The Labute approximate surface area is 143 Å². The van der Waals surface area contributed by atoms with Gasteiger partial charge in [-0.25, -0.2) is 0 Å². The summed E-state index contributed by atoms with van der Waals surface area (Å²) in [4.78, 5) is 14.4. The molecule has 1 saturated heterocycles. The summed E-state index contributed by atoms with van der Waals surface area (Å²) in [5.74, 6) is 1.58. The number of carbonyl (C=O) groups is 1. The van der Waals surface area contributed by atoms with Crippen molar-refractivity contribution in [2.45, 2.75) is 18.8 Å². The quantitative estimate of drug-likeness (QED) is 0.728. The molecule has 24 heavy (non-hydrogen) atoms. The third-order valence-electron chi connectivity index (χ3n) is 4.36. The van der Waals surface area contributed by atoms with Gasteiger partial charge in [-0.2, -0.15) is 11.3 Å². The molecule has 6 heteroatoms. The molecule has 122 valence electrons. The van der Waals surface area contributed by atoms with Gasteiger partial charge in [-0.05, 0) is 36.4 Å². The Kier molecular flexibility index (Phi) is 4.13. The molecule has 1 fully saturated rings. The van der Waals surface area contributed by atoms with Crippen LogP contribution in [0.1, 0.15) is 35.0 Å². The fraction of sp³-hybridized carbons (Fsp3) is 0.278. The Morgan fingerprint density at radius 3 is 2.62 bits per heavy atom. The molecular weight excluding hydrogens is 322 g/mol. The van der Waals surface area contributed by atoms with Gasteiger partial charge in [-0.1, -0.05) is 18.2 Å². The minimum absolute atomic E-state index is 0.0959. The Hall–Kier alpha value is -2.47. The highest BCUT2D eigenvalue weighted by Crippen LogP contribution is 2.30. The lowest BCUT2D eigenvalue weighted by Crippen LogP contribution is -2.37. The smallest absolute Gasteiger partial charge is 0.253 e. The molecule has 0 atom stereocenters. The van der Waals surface area contributed by atoms with E-state index in [1.165, 1.54) is 0 Å². The van der Waals surface area contributed by atoms with E-state index in [-0.39, 0.29) is 11.8 Å². The fourth-order valence-electron chi connectivity index (χ4n) is 3.00. The van der Waals surface area contributed by atoms with E-state index in [2.05, 4.69) is 10.2 Å². The molecule has 2 aromatic heterocycles. The van der Waals surface area contributed by atoms with E-state index in [1.54, 1.807) is 11.3 Å². The van der Waals surface area contributed by atoms with Crippen molar-refractivity contribution in [3.63, 3.8) is 0 Å². The maximum Gasteiger partial charge on any atom is 0.253 e. The van der Waals surface area contributed by atoms with Crippen molar-refractivity contribution in [3.05, 3.63) is 58.6 Å². The van der Waals surface area contributed by atoms with Gasteiger partial charge in [-0.3, -0.25) is 4.79 Å². The van der Waals surface area contributed by atoms with Crippen LogP contribution in [0.3, 0.4) is 0 Å². The van der Waals surface area contributed by atoms with Crippen LogP contribution in [0.4, 0.5) is 0 Å². The molecule has 1 aromatic carbocycles. The number of likely N-dealkylation sites (tertiary alicyclic amines) is 1. The summed E-state index contributed by atoms with van der Waals surface area (Å²) in [7, 11) is 0. The number of nitrogens with zero attached hydrogens (tertiary/aromatic N) is 3. The zero-order valence-electron chi connectivity index (χ0n) is 13.1. The van der Waals surface area contributed by atoms with Crippen LogP contribution in [0.25, 0.3) is 11.5 Å². The van der Waals surface area contributed by atoms with Crippen molar-refractivity contribution >= 4 is 17.2 Å². The molecule has 3 aromatic rings. The van der Waals surface area contributed by atoms with Crippen molar-refractivity contribution in [1.82, 2.24) is 15.1 Å². The number of thiophene rings is 1. The van der Waals surface area contributed by atoms with E-state index < -0.39 is 0 Å². The van der Waals surface area contributed by atoms with Crippen LogP contribution in [-0.4, -0.2) is 34.1 Å². The Bertz CT molecular complexity index is 806. The minimum atomic E-state index is 0.0959. The van der Waals surface area contributed by atoms with Gasteiger partial charge in [0.1, 0.15) is 0 Å². The van der Waals surface area contributed by atoms with Crippen LogP contribution in [0.5, 0.6) is 0 Å². The SMILES string of the molecule is O=C(c1ccccc1)N1CCC(c2nnc(-c3ccsc3)o2)CC1. The molecule has 0 saturated carbocycles. The molecule has 0 spiro atoms. The van der Waals surface area contributed by atoms with Gasteiger partial charge in [-0.15, -0.1) is 10.2 Å². The van der Waals surface area contributed by atoms with Crippen molar-refractivity contribution < 1.29 is 9.21 Å². The third-order valence-corrected chi connectivity index (χ3v) is 5.04. The van der Waals surface area contributed by atoms with Crippen LogP contribution in [0.15, 0.2) is 51.6 Å². The van der Waals surface area contributed by atoms with Gasteiger partial charge in [0.25, 0.3) is 5.91 Å². The first kappa shape index (κ1) is 15.1. The summed E-state index contributed by atoms with van der Waals surface area (Å²) >= 11 is 1.61. The van der Waals surface area contributed by atoms with Crippen LogP contribution < -0.4 is 0 Å².